The van der Waals surface area contributed by atoms with Gasteiger partial charge in [0.25, 0.3) is 0 Å². The molecular weight excluding hydrogens is 240 g/mol. The van der Waals surface area contributed by atoms with Crippen LogP contribution in [-0.4, -0.2) is 17.1 Å². The second-order valence-electron chi connectivity index (χ2n) is 4.31. The van der Waals surface area contributed by atoms with Crippen LogP contribution in [0.5, 0.6) is 0 Å². The molecule has 0 amide bonds. The summed E-state index contributed by atoms with van der Waals surface area (Å²) in [5.41, 5.74) is 8.47. The molecule has 0 unspecified atom stereocenters. The summed E-state index contributed by atoms with van der Waals surface area (Å²) in [4.78, 5) is 10.7. The largest absolute Gasteiger partial charge is 0.480 e. The molecule has 1 aliphatic rings. The van der Waals surface area contributed by atoms with Crippen LogP contribution in [0.4, 0.5) is 0 Å². The molecule has 4 nitrogen and oxygen atoms in total. The van der Waals surface area contributed by atoms with Crippen molar-refractivity contribution in [3.05, 3.63) is 65.9 Å². The topological polar surface area (TPSA) is 75.3 Å². The number of hydrogen-bond acceptors (Lipinski definition) is 3. The fraction of sp³-hybridized carbons (Fsp3) is 0.133. The van der Waals surface area contributed by atoms with Crippen molar-refractivity contribution in [3.63, 3.8) is 0 Å². The highest BCUT2D eigenvalue weighted by molar-refractivity contribution is 5.73. The smallest absolute Gasteiger partial charge is 0.320 e. The maximum absolute atomic E-state index is 10.7. The van der Waals surface area contributed by atoms with Crippen molar-refractivity contribution in [1.29, 1.82) is 0 Å². The number of carboxylic acids is 1. The van der Waals surface area contributed by atoms with Gasteiger partial charge in [0.05, 0.1) is 0 Å². The highest BCUT2D eigenvalue weighted by Gasteiger charge is 2.12. The normalized spacial score (nSPS) is 15.3. The van der Waals surface area contributed by atoms with E-state index in [1.54, 1.807) is 0 Å². The average molecular weight is 256 g/mol. The van der Waals surface area contributed by atoms with Crippen LogP contribution in [0.25, 0.3) is 5.70 Å². The van der Waals surface area contributed by atoms with E-state index >= 15 is 0 Å². The Morgan fingerprint density at radius 2 is 1.95 bits per heavy atom. The van der Waals surface area contributed by atoms with Crippen molar-refractivity contribution >= 4 is 11.7 Å². The van der Waals surface area contributed by atoms with Crippen LogP contribution < -0.4 is 11.1 Å². The van der Waals surface area contributed by atoms with Gasteiger partial charge in [-0.25, -0.2) is 0 Å². The highest BCUT2D eigenvalue weighted by atomic mass is 16.4. The number of hydrogen-bond donors (Lipinski definition) is 3. The lowest BCUT2D eigenvalue weighted by Gasteiger charge is -2.09. The number of rotatable bonds is 4. The first kappa shape index (κ1) is 13.1. The summed E-state index contributed by atoms with van der Waals surface area (Å²) in [5.74, 6) is -0.979. The van der Waals surface area contributed by atoms with E-state index < -0.39 is 12.0 Å². The van der Waals surface area contributed by atoms with E-state index in [0.29, 0.717) is 6.42 Å². The molecule has 0 spiro atoms. The molecule has 0 saturated heterocycles. The van der Waals surface area contributed by atoms with Gasteiger partial charge in [-0.05, 0) is 29.7 Å². The molecule has 4 heteroatoms. The predicted octanol–water partition coefficient (Wildman–Crippen LogP) is 1.66. The van der Waals surface area contributed by atoms with Crippen molar-refractivity contribution in [1.82, 2.24) is 5.32 Å². The lowest BCUT2D eigenvalue weighted by Crippen LogP contribution is -2.32. The van der Waals surface area contributed by atoms with Gasteiger partial charge in [0.2, 0.25) is 0 Å². The fourth-order valence-corrected chi connectivity index (χ4v) is 1.80. The average Bonchev–Trinajstić information content (AvgIpc) is 2.68. The Labute approximate surface area is 111 Å². The fourth-order valence-electron chi connectivity index (χ4n) is 1.80. The molecule has 2 rings (SSSR count). The zero-order valence-corrected chi connectivity index (χ0v) is 10.4. The molecule has 0 radical (unpaired) electrons. The van der Waals surface area contributed by atoms with Gasteiger partial charge in [0.15, 0.2) is 0 Å². The molecule has 1 aromatic carbocycles. The highest BCUT2D eigenvalue weighted by Crippen LogP contribution is 2.15. The summed E-state index contributed by atoms with van der Waals surface area (Å²) in [5, 5.41) is 11.9. The van der Waals surface area contributed by atoms with Crippen LogP contribution in [0.15, 0.2) is 54.8 Å². The summed E-state index contributed by atoms with van der Waals surface area (Å²) in [6, 6.07) is 6.86. The number of nitrogens with two attached hydrogens (primary N) is 1. The second kappa shape index (κ2) is 6.02. The van der Waals surface area contributed by atoms with Gasteiger partial charge < -0.3 is 16.2 Å². The predicted molar refractivity (Wildman–Crippen MR) is 75.1 cm³/mol. The number of carboxylic acid groups (broad SMARTS) is 1. The SMILES string of the molecule is N[C@@H](Cc1ccc(C2=CC=CC=CN2)cc1)C(=O)O. The van der Waals surface area contributed by atoms with Crippen molar-refractivity contribution in [2.24, 2.45) is 5.73 Å². The molecule has 1 atom stereocenters. The molecule has 19 heavy (non-hydrogen) atoms. The number of carbonyl (C=O) groups is 1. The van der Waals surface area contributed by atoms with E-state index in [-0.39, 0.29) is 0 Å². The Kier molecular flexibility index (Phi) is 4.15. The lowest BCUT2D eigenvalue weighted by atomic mass is 10.0. The standard InChI is InChI=1S/C15H16N2O2/c16-13(15(18)19)10-11-5-7-12(8-6-11)14-4-2-1-3-9-17-14/h1-9,13,17H,10,16H2,(H,18,19)/t13-/m0/s1. The minimum Gasteiger partial charge on any atom is -0.480 e. The first-order chi connectivity index (χ1) is 9.16. The van der Waals surface area contributed by atoms with Gasteiger partial charge in [-0.1, -0.05) is 36.4 Å². The maximum Gasteiger partial charge on any atom is 0.320 e. The molecule has 0 aromatic heterocycles. The van der Waals surface area contributed by atoms with Crippen LogP contribution in [-0.2, 0) is 11.2 Å². The number of nitrogens with one attached hydrogen (secondary N) is 1. The van der Waals surface area contributed by atoms with Crippen LogP contribution in [0.1, 0.15) is 11.1 Å². The van der Waals surface area contributed by atoms with E-state index in [1.165, 1.54) is 0 Å². The van der Waals surface area contributed by atoms with Crippen LogP contribution in [0, 0.1) is 0 Å². The molecule has 0 saturated carbocycles. The molecule has 0 bridgehead atoms. The first-order valence-electron chi connectivity index (χ1n) is 6.04. The summed E-state index contributed by atoms with van der Waals surface area (Å²) < 4.78 is 0. The third kappa shape index (κ3) is 3.56. The monoisotopic (exact) mass is 256 g/mol. The Balaban J connectivity index is 2.10. The van der Waals surface area contributed by atoms with E-state index in [0.717, 1.165) is 16.8 Å². The summed E-state index contributed by atoms with van der Waals surface area (Å²) in [6.07, 6.45) is 10.0. The van der Waals surface area contributed by atoms with Crippen molar-refractivity contribution in [2.75, 3.05) is 0 Å². The molecule has 1 aliphatic heterocycles. The van der Waals surface area contributed by atoms with E-state index in [9.17, 15) is 4.79 Å². The van der Waals surface area contributed by atoms with Gasteiger partial charge in [0, 0.05) is 11.9 Å². The van der Waals surface area contributed by atoms with E-state index in [2.05, 4.69) is 5.32 Å². The second-order valence-corrected chi connectivity index (χ2v) is 4.31. The van der Waals surface area contributed by atoms with Crippen molar-refractivity contribution in [3.8, 4) is 0 Å². The molecule has 0 aliphatic carbocycles. The molecular formula is C15H16N2O2. The van der Waals surface area contributed by atoms with Crippen molar-refractivity contribution < 1.29 is 9.90 Å². The number of benzene rings is 1. The molecule has 0 fully saturated rings. The Morgan fingerprint density at radius 1 is 1.21 bits per heavy atom. The van der Waals surface area contributed by atoms with Crippen LogP contribution in [0.2, 0.25) is 0 Å². The van der Waals surface area contributed by atoms with E-state index in [1.807, 2.05) is 54.8 Å². The van der Waals surface area contributed by atoms with Crippen LogP contribution in [0.3, 0.4) is 0 Å². The quantitative estimate of drug-likeness (QED) is 0.765. The molecule has 1 heterocycles. The molecule has 98 valence electrons. The Morgan fingerprint density at radius 3 is 2.63 bits per heavy atom. The zero-order chi connectivity index (χ0) is 13.7. The summed E-state index contributed by atoms with van der Waals surface area (Å²) in [6.45, 7) is 0. The zero-order valence-electron chi connectivity index (χ0n) is 10.4. The summed E-state index contributed by atoms with van der Waals surface area (Å²) >= 11 is 0. The Bertz CT molecular complexity index is 542. The van der Waals surface area contributed by atoms with Gasteiger partial charge >= 0.3 is 5.97 Å². The van der Waals surface area contributed by atoms with Gasteiger partial charge in [-0.2, -0.15) is 0 Å². The van der Waals surface area contributed by atoms with Crippen molar-refractivity contribution in [2.45, 2.75) is 12.5 Å². The first-order valence-corrected chi connectivity index (χ1v) is 6.04. The summed E-state index contributed by atoms with van der Waals surface area (Å²) in [7, 11) is 0. The number of aliphatic carboxylic acids is 1. The lowest BCUT2D eigenvalue weighted by molar-refractivity contribution is -0.138. The minimum atomic E-state index is -0.979. The molecule has 1 aromatic rings. The van der Waals surface area contributed by atoms with Gasteiger partial charge in [0.1, 0.15) is 6.04 Å². The minimum absolute atomic E-state index is 0.335. The maximum atomic E-state index is 10.7. The van der Waals surface area contributed by atoms with Crippen LogP contribution >= 0.6 is 0 Å². The molecule has 4 N–H and O–H groups in total. The third-order valence-electron chi connectivity index (χ3n) is 2.86. The van der Waals surface area contributed by atoms with Gasteiger partial charge in [-0.3, -0.25) is 4.79 Å². The Hall–Kier alpha value is -2.33. The number of allylic oxidation sites excluding steroid dienone is 4. The van der Waals surface area contributed by atoms with Gasteiger partial charge in [-0.15, -0.1) is 0 Å². The third-order valence-corrected chi connectivity index (χ3v) is 2.86. The van der Waals surface area contributed by atoms with E-state index in [4.69, 9.17) is 10.8 Å².